The van der Waals surface area contributed by atoms with Crippen molar-refractivity contribution < 1.29 is 13.2 Å². The molecule has 2 heterocycles. The zero-order chi connectivity index (χ0) is 9.64. The van der Waals surface area contributed by atoms with Crippen LogP contribution in [0.3, 0.4) is 0 Å². The molecule has 2 aliphatic rings. The van der Waals surface area contributed by atoms with Gasteiger partial charge in [0.05, 0.1) is 17.5 Å². The fourth-order valence-electron chi connectivity index (χ4n) is 2.17. The van der Waals surface area contributed by atoms with Gasteiger partial charge in [-0.1, -0.05) is 0 Å². The number of sulfone groups is 1. The molecule has 2 atom stereocenters. The minimum absolute atomic E-state index is 0.0301. The SMILES string of the molecule is NC(=O)CN1CC2CC1CS2(=O)=O. The number of fused-ring (bicyclic) bond motifs is 2. The van der Waals surface area contributed by atoms with Gasteiger partial charge in [0.2, 0.25) is 5.91 Å². The zero-order valence-electron chi connectivity index (χ0n) is 7.14. The molecule has 0 saturated carbocycles. The monoisotopic (exact) mass is 204 g/mol. The van der Waals surface area contributed by atoms with E-state index in [2.05, 4.69) is 0 Å². The molecule has 1 amide bonds. The van der Waals surface area contributed by atoms with Gasteiger partial charge in [0.15, 0.2) is 9.84 Å². The Morgan fingerprint density at radius 3 is 2.62 bits per heavy atom. The molecule has 2 rings (SSSR count). The lowest BCUT2D eigenvalue weighted by Gasteiger charge is -2.24. The second kappa shape index (κ2) is 2.68. The van der Waals surface area contributed by atoms with E-state index in [4.69, 9.17) is 5.73 Å². The summed E-state index contributed by atoms with van der Waals surface area (Å²) in [7, 11) is -2.85. The average molecular weight is 204 g/mol. The van der Waals surface area contributed by atoms with Crippen LogP contribution in [-0.2, 0) is 14.6 Å². The van der Waals surface area contributed by atoms with Crippen molar-refractivity contribution in [2.24, 2.45) is 5.73 Å². The van der Waals surface area contributed by atoms with Crippen LogP contribution < -0.4 is 5.73 Å². The van der Waals surface area contributed by atoms with Crippen LogP contribution in [0.25, 0.3) is 0 Å². The van der Waals surface area contributed by atoms with Gasteiger partial charge >= 0.3 is 0 Å². The predicted molar refractivity (Wildman–Crippen MR) is 46.7 cm³/mol. The highest BCUT2D eigenvalue weighted by molar-refractivity contribution is 7.92. The summed E-state index contributed by atoms with van der Waals surface area (Å²) in [5.41, 5.74) is 5.04. The fraction of sp³-hybridized carbons (Fsp3) is 0.857. The van der Waals surface area contributed by atoms with E-state index in [0.717, 1.165) is 0 Å². The Balaban J connectivity index is 2.07. The molecule has 5 nitrogen and oxygen atoms in total. The van der Waals surface area contributed by atoms with E-state index in [1.807, 2.05) is 4.90 Å². The van der Waals surface area contributed by atoms with E-state index >= 15 is 0 Å². The fourth-order valence-corrected chi connectivity index (χ4v) is 4.26. The number of carbonyl (C=O) groups excluding carboxylic acids is 1. The van der Waals surface area contributed by atoms with Gasteiger partial charge in [0.25, 0.3) is 0 Å². The summed E-state index contributed by atoms with van der Waals surface area (Å²) in [6.45, 7) is 0.673. The molecule has 2 saturated heterocycles. The maximum absolute atomic E-state index is 11.3. The molecule has 74 valence electrons. The van der Waals surface area contributed by atoms with Crippen molar-refractivity contribution in [3.63, 3.8) is 0 Å². The topological polar surface area (TPSA) is 80.5 Å². The molecule has 2 bridgehead atoms. The van der Waals surface area contributed by atoms with E-state index in [9.17, 15) is 13.2 Å². The molecule has 0 aromatic heterocycles. The molecule has 2 aliphatic heterocycles. The summed E-state index contributed by atoms with van der Waals surface area (Å²) in [5, 5.41) is -0.253. The summed E-state index contributed by atoms with van der Waals surface area (Å²) in [4.78, 5) is 12.5. The zero-order valence-corrected chi connectivity index (χ0v) is 7.96. The van der Waals surface area contributed by atoms with Crippen LogP contribution in [0.5, 0.6) is 0 Å². The first kappa shape index (κ1) is 8.96. The van der Waals surface area contributed by atoms with Gasteiger partial charge < -0.3 is 5.73 Å². The van der Waals surface area contributed by atoms with Gasteiger partial charge in [-0.2, -0.15) is 0 Å². The van der Waals surface area contributed by atoms with Gasteiger partial charge in [-0.15, -0.1) is 0 Å². The third-order valence-electron chi connectivity index (χ3n) is 2.78. The van der Waals surface area contributed by atoms with Crippen molar-refractivity contribution in [2.45, 2.75) is 17.7 Å². The smallest absolute Gasteiger partial charge is 0.231 e. The van der Waals surface area contributed by atoms with Crippen molar-refractivity contribution in [3.05, 3.63) is 0 Å². The third kappa shape index (κ3) is 1.44. The molecule has 2 fully saturated rings. The lowest BCUT2D eigenvalue weighted by Crippen LogP contribution is -2.44. The maximum atomic E-state index is 11.3. The standard InChI is InChI=1S/C7H12N2O3S/c8-7(10)3-9-2-6-1-5(9)4-13(6,11)12/h5-6H,1-4H2,(H2,8,10). The lowest BCUT2D eigenvalue weighted by atomic mass is 10.2. The third-order valence-corrected chi connectivity index (χ3v) is 4.99. The second-order valence-electron chi connectivity index (χ2n) is 3.74. The normalized spacial score (nSPS) is 36.6. The Morgan fingerprint density at radius 2 is 2.23 bits per heavy atom. The van der Waals surface area contributed by atoms with Gasteiger partial charge in [-0.3, -0.25) is 9.69 Å². The first-order valence-electron chi connectivity index (χ1n) is 4.23. The van der Waals surface area contributed by atoms with E-state index in [0.29, 0.717) is 13.0 Å². The van der Waals surface area contributed by atoms with Crippen molar-refractivity contribution in [1.82, 2.24) is 4.90 Å². The van der Waals surface area contributed by atoms with Gasteiger partial charge in [-0.25, -0.2) is 8.42 Å². The van der Waals surface area contributed by atoms with Gasteiger partial charge in [0, 0.05) is 12.6 Å². The number of amides is 1. The number of carbonyl (C=O) groups is 1. The Kier molecular flexibility index (Phi) is 1.85. The minimum Gasteiger partial charge on any atom is -0.369 e. The molecule has 0 aromatic carbocycles. The molecule has 0 aliphatic carbocycles. The molecule has 0 spiro atoms. The number of likely N-dealkylation sites (tertiary alicyclic amines) is 1. The molecule has 0 radical (unpaired) electrons. The van der Waals surface area contributed by atoms with Crippen molar-refractivity contribution in [1.29, 1.82) is 0 Å². The molecule has 2 N–H and O–H groups in total. The quantitative estimate of drug-likeness (QED) is 0.584. The summed E-state index contributed by atoms with van der Waals surface area (Å²) in [5.74, 6) is -0.185. The molecular formula is C7H12N2O3S. The highest BCUT2D eigenvalue weighted by atomic mass is 32.2. The number of nitrogens with two attached hydrogens (primary N) is 1. The van der Waals surface area contributed by atoms with Crippen LogP contribution >= 0.6 is 0 Å². The van der Waals surface area contributed by atoms with Crippen LogP contribution in [0.1, 0.15) is 6.42 Å². The summed E-state index contributed by atoms with van der Waals surface area (Å²) < 4.78 is 22.6. The van der Waals surface area contributed by atoms with Crippen LogP contribution in [-0.4, -0.2) is 49.4 Å². The number of nitrogens with zero attached hydrogens (tertiary/aromatic N) is 1. The molecule has 13 heavy (non-hydrogen) atoms. The minimum atomic E-state index is -2.85. The Labute approximate surface area is 76.8 Å². The van der Waals surface area contributed by atoms with Crippen LogP contribution in [0.4, 0.5) is 0 Å². The highest BCUT2D eigenvalue weighted by Crippen LogP contribution is 2.32. The first-order valence-corrected chi connectivity index (χ1v) is 5.94. The summed E-state index contributed by atoms with van der Waals surface area (Å²) in [6, 6.07) is 0.0301. The maximum Gasteiger partial charge on any atom is 0.231 e. The van der Waals surface area contributed by atoms with Crippen LogP contribution in [0, 0.1) is 0 Å². The van der Waals surface area contributed by atoms with Crippen LogP contribution in [0.15, 0.2) is 0 Å². The summed E-state index contributed by atoms with van der Waals surface area (Å²) >= 11 is 0. The highest BCUT2D eigenvalue weighted by Gasteiger charge is 2.48. The van der Waals surface area contributed by atoms with Crippen LogP contribution in [0.2, 0.25) is 0 Å². The van der Waals surface area contributed by atoms with E-state index in [1.54, 1.807) is 0 Å². The number of hydrogen-bond donors (Lipinski definition) is 1. The molecule has 6 heteroatoms. The summed E-state index contributed by atoms with van der Waals surface area (Å²) in [6.07, 6.45) is 0.676. The lowest BCUT2D eigenvalue weighted by molar-refractivity contribution is -0.119. The van der Waals surface area contributed by atoms with Crippen molar-refractivity contribution in [3.8, 4) is 0 Å². The van der Waals surface area contributed by atoms with E-state index < -0.39 is 9.84 Å². The van der Waals surface area contributed by atoms with Crippen molar-refractivity contribution in [2.75, 3.05) is 18.8 Å². The van der Waals surface area contributed by atoms with Gasteiger partial charge in [-0.05, 0) is 6.42 Å². The Hall–Kier alpha value is -0.620. The molecular weight excluding hydrogens is 192 g/mol. The Morgan fingerprint density at radius 1 is 1.54 bits per heavy atom. The first-order chi connectivity index (χ1) is 5.99. The van der Waals surface area contributed by atoms with Crippen molar-refractivity contribution >= 4 is 15.7 Å². The Bertz CT molecular complexity index is 338. The average Bonchev–Trinajstić information content (AvgIpc) is 2.41. The number of rotatable bonds is 2. The predicted octanol–water partition coefficient (Wildman–Crippen LogP) is -1.66. The molecule has 0 aromatic rings. The number of primary amides is 1. The van der Waals surface area contributed by atoms with E-state index in [-0.39, 0.29) is 29.5 Å². The number of hydrogen-bond acceptors (Lipinski definition) is 4. The molecule has 2 unspecified atom stereocenters. The van der Waals surface area contributed by atoms with E-state index in [1.165, 1.54) is 0 Å². The van der Waals surface area contributed by atoms with Gasteiger partial charge in [0.1, 0.15) is 0 Å². The second-order valence-corrected chi connectivity index (χ2v) is 6.06. The largest absolute Gasteiger partial charge is 0.369 e.